The molecule has 2 aromatic heterocycles. The minimum Gasteiger partial charge on any atom is -0.478 e. The maximum Gasteiger partial charge on any atom is 0.339 e. The summed E-state index contributed by atoms with van der Waals surface area (Å²) in [4.78, 5) is 11.4. The molecule has 0 bridgehead atoms. The van der Waals surface area contributed by atoms with Crippen LogP contribution in [0.25, 0.3) is 5.82 Å². The van der Waals surface area contributed by atoms with Gasteiger partial charge in [0.1, 0.15) is 5.56 Å². The van der Waals surface area contributed by atoms with Crippen LogP contribution in [0.15, 0.2) is 12.1 Å². The van der Waals surface area contributed by atoms with Crippen molar-refractivity contribution in [2.45, 2.75) is 33.6 Å². The van der Waals surface area contributed by atoms with Crippen LogP contribution in [0, 0.1) is 6.92 Å². The second-order valence-corrected chi connectivity index (χ2v) is 4.23. The summed E-state index contributed by atoms with van der Waals surface area (Å²) in [6, 6.07) is 3.62. The van der Waals surface area contributed by atoms with Gasteiger partial charge >= 0.3 is 5.97 Å². The Hall–Kier alpha value is -2.24. The molecule has 0 aliphatic rings. The third-order valence-corrected chi connectivity index (χ3v) is 2.94. The predicted molar refractivity (Wildman–Crippen MR) is 69.6 cm³/mol. The van der Waals surface area contributed by atoms with Crippen LogP contribution in [0.4, 0.5) is 0 Å². The van der Waals surface area contributed by atoms with Crippen molar-refractivity contribution in [1.29, 1.82) is 0 Å². The van der Waals surface area contributed by atoms with Crippen LogP contribution in [0.5, 0.6) is 0 Å². The highest BCUT2D eigenvalue weighted by Crippen LogP contribution is 2.19. The monoisotopic (exact) mass is 260 g/mol. The average molecular weight is 260 g/mol. The molecule has 1 N–H and O–H groups in total. The molecule has 2 aromatic rings. The normalized spacial score (nSPS) is 10.7. The molecule has 0 spiro atoms. The van der Waals surface area contributed by atoms with Crippen LogP contribution in [-0.4, -0.2) is 31.1 Å². The summed E-state index contributed by atoms with van der Waals surface area (Å²) in [5.74, 6) is -0.398. The highest BCUT2D eigenvalue weighted by atomic mass is 16.4. The van der Waals surface area contributed by atoms with Gasteiger partial charge in [0.2, 0.25) is 0 Å². The first-order valence-corrected chi connectivity index (χ1v) is 6.23. The lowest BCUT2D eigenvalue weighted by molar-refractivity contribution is 0.0694. The lowest BCUT2D eigenvalue weighted by atomic mass is 10.1. The number of aromatic carboxylic acids is 1. The highest BCUT2D eigenvalue weighted by Gasteiger charge is 2.22. The Morgan fingerprint density at radius 2 is 2.00 bits per heavy atom. The summed E-state index contributed by atoms with van der Waals surface area (Å²) in [6.07, 6.45) is 1.14. The van der Waals surface area contributed by atoms with E-state index < -0.39 is 5.97 Å². The Labute approximate surface area is 111 Å². The van der Waals surface area contributed by atoms with Crippen molar-refractivity contribution in [3.63, 3.8) is 0 Å². The number of hydrogen-bond donors (Lipinski definition) is 1. The van der Waals surface area contributed by atoms with Crippen molar-refractivity contribution in [3.8, 4) is 5.82 Å². The molecular weight excluding hydrogens is 244 g/mol. The van der Waals surface area contributed by atoms with Crippen molar-refractivity contribution in [1.82, 2.24) is 20.0 Å². The second-order valence-electron chi connectivity index (χ2n) is 4.23. The molecule has 6 nitrogen and oxygen atoms in total. The van der Waals surface area contributed by atoms with Gasteiger partial charge in [0, 0.05) is 0 Å². The van der Waals surface area contributed by atoms with Crippen molar-refractivity contribution in [2.75, 3.05) is 0 Å². The maximum atomic E-state index is 11.4. The molecule has 2 heterocycles. The van der Waals surface area contributed by atoms with Crippen molar-refractivity contribution in [3.05, 3.63) is 34.8 Å². The number of nitrogens with zero attached hydrogens (tertiary/aromatic N) is 4. The topological polar surface area (TPSA) is 80.9 Å². The molecule has 0 radical (unpaired) electrons. The standard InChI is InChI=1S/C13H16N4O2/c1-4-9-12(13(18)19)10(5-2)17(16-9)11-7-6-8(3)14-15-11/h6-7H,4-5H2,1-3H3,(H,18,19). The Balaban J connectivity index is 2.63. The van der Waals surface area contributed by atoms with Gasteiger partial charge in [-0.2, -0.15) is 10.2 Å². The number of carbonyl (C=O) groups is 1. The molecule has 2 rings (SSSR count). The SMILES string of the molecule is CCc1nn(-c2ccc(C)nn2)c(CC)c1C(=O)O. The Bertz CT molecular complexity index is 602. The van der Waals surface area contributed by atoms with Gasteiger partial charge in [-0.25, -0.2) is 9.48 Å². The molecule has 0 saturated carbocycles. The van der Waals surface area contributed by atoms with E-state index in [2.05, 4.69) is 15.3 Å². The largest absolute Gasteiger partial charge is 0.478 e. The summed E-state index contributed by atoms with van der Waals surface area (Å²) >= 11 is 0. The number of aryl methyl sites for hydroxylation is 2. The fourth-order valence-corrected chi connectivity index (χ4v) is 2.02. The summed E-state index contributed by atoms with van der Waals surface area (Å²) in [5, 5.41) is 21.7. The second kappa shape index (κ2) is 5.17. The molecule has 0 aromatic carbocycles. The molecule has 0 aliphatic heterocycles. The van der Waals surface area contributed by atoms with E-state index in [4.69, 9.17) is 0 Å². The lowest BCUT2D eigenvalue weighted by Gasteiger charge is -2.04. The first kappa shape index (κ1) is 13.2. The van der Waals surface area contributed by atoms with E-state index in [1.807, 2.05) is 26.8 Å². The van der Waals surface area contributed by atoms with Gasteiger partial charge in [-0.05, 0) is 31.9 Å². The molecule has 0 saturated heterocycles. The Morgan fingerprint density at radius 3 is 2.47 bits per heavy atom. The fraction of sp³-hybridized carbons (Fsp3) is 0.385. The molecule has 0 aliphatic carbocycles. The average Bonchev–Trinajstić information content (AvgIpc) is 2.78. The summed E-state index contributed by atoms with van der Waals surface area (Å²) in [6.45, 7) is 5.64. The smallest absolute Gasteiger partial charge is 0.339 e. The number of hydrogen-bond acceptors (Lipinski definition) is 4. The van der Waals surface area contributed by atoms with Crippen LogP contribution in [0.2, 0.25) is 0 Å². The van der Waals surface area contributed by atoms with Crippen LogP contribution in [-0.2, 0) is 12.8 Å². The molecule has 0 unspecified atom stereocenters. The first-order valence-electron chi connectivity index (χ1n) is 6.23. The van der Waals surface area contributed by atoms with E-state index in [1.165, 1.54) is 0 Å². The quantitative estimate of drug-likeness (QED) is 0.906. The van der Waals surface area contributed by atoms with Crippen LogP contribution in [0.3, 0.4) is 0 Å². The Morgan fingerprint density at radius 1 is 1.26 bits per heavy atom. The maximum absolute atomic E-state index is 11.4. The van der Waals surface area contributed by atoms with Crippen LogP contribution in [0.1, 0.15) is 41.3 Å². The third kappa shape index (κ3) is 2.33. The molecule has 0 fully saturated rings. The first-order chi connectivity index (χ1) is 9.08. The minimum atomic E-state index is -0.944. The predicted octanol–water partition coefficient (Wildman–Crippen LogP) is 1.79. The van der Waals surface area contributed by atoms with E-state index >= 15 is 0 Å². The van der Waals surface area contributed by atoms with E-state index in [9.17, 15) is 9.90 Å². The molecule has 19 heavy (non-hydrogen) atoms. The van der Waals surface area contributed by atoms with Crippen LogP contribution >= 0.6 is 0 Å². The zero-order valence-electron chi connectivity index (χ0n) is 11.2. The molecule has 100 valence electrons. The molecular formula is C13H16N4O2. The number of rotatable bonds is 4. The lowest BCUT2D eigenvalue weighted by Crippen LogP contribution is -2.08. The van der Waals surface area contributed by atoms with Crippen molar-refractivity contribution < 1.29 is 9.90 Å². The summed E-state index contributed by atoms with van der Waals surface area (Å²) < 4.78 is 1.58. The number of carboxylic acid groups (broad SMARTS) is 1. The van der Waals surface area contributed by atoms with E-state index in [-0.39, 0.29) is 5.56 Å². The highest BCUT2D eigenvalue weighted by molar-refractivity contribution is 5.90. The molecule has 6 heteroatoms. The van der Waals surface area contributed by atoms with Gasteiger partial charge in [0.25, 0.3) is 0 Å². The van der Waals surface area contributed by atoms with Gasteiger partial charge in [0.15, 0.2) is 5.82 Å². The zero-order valence-corrected chi connectivity index (χ0v) is 11.2. The number of aromatic nitrogens is 4. The Kier molecular flexibility index (Phi) is 3.59. The van der Waals surface area contributed by atoms with Gasteiger partial charge in [0.05, 0.1) is 17.1 Å². The van der Waals surface area contributed by atoms with E-state index in [0.29, 0.717) is 30.0 Å². The molecule has 0 atom stereocenters. The fourth-order valence-electron chi connectivity index (χ4n) is 2.02. The van der Waals surface area contributed by atoms with Gasteiger partial charge < -0.3 is 5.11 Å². The van der Waals surface area contributed by atoms with Gasteiger partial charge in [-0.15, -0.1) is 5.10 Å². The number of carboxylic acids is 1. The van der Waals surface area contributed by atoms with Crippen molar-refractivity contribution >= 4 is 5.97 Å². The van der Waals surface area contributed by atoms with Crippen molar-refractivity contribution in [2.24, 2.45) is 0 Å². The van der Waals surface area contributed by atoms with Crippen LogP contribution < -0.4 is 0 Å². The minimum absolute atomic E-state index is 0.285. The zero-order chi connectivity index (χ0) is 14.0. The van der Waals surface area contributed by atoms with Gasteiger partial charge in [-0.1, -0.05) is 13.8 Å². The summed E-state index contributed by atoms with van der Waals surface area (Å²) in [7, 11) is 0. The van der Waals surface area contributed by atoms with Gasteiger partial charge in [-0.3, -0.25) is 0 Å². The molecule has 0 amide bonds. The van der Waals surface area contributed by atoms with E-state index in [1.54, 1.807) is 10.7 Å². The third-order valence-electron chi connectivity index (χ3n) is 2.94. The van der Waals surface area contributed by atoms with E-state index in [0.717, 1.165) is 5.69 Å². The summed E-state index contributed by atoms with van der Waals surface area (Å²) in [5.41, 5.74) is 2.32.